The van der Waals surface area contributed by atoms with E-state index in [1.807, 2.05) is 0 Å². The molecule has 0 aromatic carbocycles. The van der Waals surface area contributed by atoms with Gasteiger partial charge in [0.05, 0.1) is 5.69 Å². The van der Waals surface area contributed by atoms with E-state index in [1.165, 1.54) is 0 Å². The Bertz CT molecular complexity index is 377. The predicted molar refractivity (Wildman–Crippen MR) is 58.0 cm³/mol. The normalized spacial score (nSPS) is 19.7. The van der Waals surface area contributed by atoms with Crippen molar-refractivity contribution < 1.29 is 14.3 Å². The van der Waals surface area contributed by atoms with Crippen LogP contribution in [0.2, 0.25) is 5.02 Å². The summed E-state index contributed by atoms with van der Waals surface area (Å²) in [4.78, 5) is 15.5. The summed E-state index contributed by atoms with van der Waals surface area (Å²) in [7, 11) is 0. The van der Waals surface area contributed by atoms with Gasteiger partial charge < -0.3 is 9.47 Å². The summed E-state index contributed by atoms with van der Waals surface area (Å²) in [5.74, 6) is -0.320. The number of aromatic nitrogens is 1. The molecule has 2 heterocycles. The molecular weight excluding hydrogens is 230 g/mol. The Morgan fingerprint density at radius 3 is 3.25 bits per heavy atom. The molecule has 0 aliphatic carbocycles. The van der Waals surface area contributed by atoms with E-state index in [1.54, 1.807) is 18.3 Å². The molecule has 1 aromatic rings. The molecule has 1 aliphatic rings. The minimum absolute atomic E-state index is 0.138. The Morgan fingerprint density at radius 2 is 2.56 bits per heavy atom. The van der Waals surface area contributed by atoms with Gasteiger partial charge in [-0.1, -0.05) is 11.6 Å². The molecular formula is C11H12ClNO3. The van der Waals surface area contributed by atoms with Crippen LogP contribution in [0.1, 0.15) is 18.5 Å². The predicted octanol–water partition coefficient (Wildman–Crippen LogP) is 1.96. The second kappa shape index (κ2) is 5.27. The van der Waals surface area contributed by atoms with Gasteiger partial charge in [0.25, 0.3) is 0 Å². The molecule has 4 nitrogen and oxygen atoms in total. The highest BCUT2D eigenvalue weighted by Gasteiger charge is 2.24. The topological polar surface area (TPSA) is 48.4 Å². The van der Waals surface area contributed by atoms with Crippen molar-refractivity contribution in [1.29, 1.82) is 0 Å². The number of esters is 1. The first-order valence-corrected chi connectivity index (χ1v) is 5.52. The van der Waals surface area contributed by atoms with Crippen molar-refractivity contribution in [1.82, 2.24) is 4.98 Å². The maximum atomic E-state index is 11.5. The van der Waals surface area contributed by atoms with Crippen molar-refractivity contribution in [3.8, 4) is 0 Å². The first-order valence-electron chi connectivity index (χ1n) is 5.14. The molecule has 1 aromatic heterocycles. The highest BCUT2D eigenvalue weighted by Crippen LogP contribution is 2.14. The van der Waals surface area contributed by atoms with Crippen molar-refractivity contribution in [3.63, 3.8) is 0 Å². The number of rotatable bonds is 3. The Morgan fingerprint density at radius 1 is 1.69 bits per heavy atom. The number of pyridine rings is 1. The molecule has 5 heteroatoms. The van der Waals surface area contributed by atoms with Crippen LogP contribution in [0, 0.1) is 0 Å². The van der Waals surface area contributed by atoms with Crippen LogP contribution < -0.4 is 0 Å². The number of halogens is 1. The third-order valence-corrected chi connectivity index (χ3v) is 2.57. The van der Waals surface area contributed by atoms with Gasteiger partial charge in [-0.05, 0) is 25.0 Å². The van der Waals surface area contributed by atoms with Gasteiger partial charge in [0.15, 0.2) is 6.10 Å². The minimum Gasteiger partial charge on any atom is -0.457 e. The van der Waals surface area contributed by atoms with Crippen LogP contribution in [0.25, 0.3) is 0 Å². The summed E-state index contributed by atoms with van der Waals surface area (Å²) < 4.78 is 10.3. The SMILES string of the molecule is O=C(OCc1cc(Cl)ccn1)[C@H]1CCCO1. The number of carbonyl (C=O) groups is 1. The van der Waals surface area contributed by atoms with E-state index in [2.05, 4.69) is 4.98 Å². The van der Waals surface area contributed by atoms with Gasteiger partial charge in [-0.25, -0.2) is 4.79 Å². The molecule has 0 unspecified atom stereocenters. The lowest BCUT2D eigenvalue weighted by Gasteiger charge is -2.09. The molecule has 86 valence electrons. The smallest absolute Gasteiger partial charge is 0.335 e. The van der Waals surface area contributed by atoms with Crippen molar-refractivity contribution >= 4 is 17.6 Å². The van der Waals surface area contributed by atoms with E-state index in [0.29, 0.717) is 17.3 Å². The van der Waals surface area contributed by atoms with Gasteiger partial charge in [0.1, 0.15) is 6.61 Å². The zero-order valence-electron chi connectivity index (χ0n) is 8.69. The molecule has 2 rings (SSSR count). The average Bonchev–Trinajstić information content (AvgIpc) is 2.79. The van der Waals surface area contributed by atoms with E-state index in [4.69, 9.17) is 21.1 Å². The second-order valence-electron chi connectivity index (χ2n) is 3.57. The second-order valence-corrected chi connectivity index (χ2v) is 4.01. The molecule has 0 N–H and O–H groups in total. The van der Waals surface area contributed by atoms with Crippen LogP contribution in [0.15, 0.2) is 18.3 Å². The summed E-state index contributed by atoms with van der Waals surface area (Å²) in [6.45, 7) is 0.772. The number of hydrogen-bond donors (Lipinski definition) is 0. The van der Waals surface area contributed by atoms with Crippen LogP contribution >= 0.6 is 11.6 Å². The van der Waals surface area contributed by atoms with Crippen LogP contribution in [-0.4, -0.2) is 23.7 Å². The van der Waals surface area contributed by atoms with Crippen molar-refractivity contribution in [3.05, 3.63) is 29.0 Å². The molecule has 0 amide bonds. The number of carbonyl (C=O) groups excluding carboxylic acids is 1. The molecule has 0 saturated carbocycles. The van der Waals surface area contributed by atoms with Gasteiger partial charge in [0.2, 0.25) is 0 Å². The summed E-state index contributed by atoms with van der Waals surface area (Å²) in [5.41, 5.74) is 0.638. The third kappa shape index (κ3) is 2.93. The minimum atomic E-state index is -0.404. The zero-order valence-corrected chi connectivity index (χ0v) is 9.44. The summed E-state index contributed by atoms with van der Waals surface area (Å²) in [6.07, 6.45) is 2.83. The third-order valence-electron chi connectivity index (χ3n) is 2.33. The number of nitrogens with zero attached hydrogens (tertiary/aromatic N) is 1. The fraction of sp³-hybridized carbons (Fsp3) is 0.455. The summed E-state index contributed by atoms with van der Waals surface area (Å²) in [5, 5.41) is 0.582. The molecule has 1 saturated heterocycles. The number of hydrogen-bond acceptors (Lipinski definition) is 4. The van der Waals surface area contributed by atoms with Gasteiger partial charge in [-0.15, -0.1) is 0 Å². The van der Waals surface area contributed by atoms with Crippen molar-refractivity contribution in [2.45, 2.75) is 25.6 Å². The fourth-order valence-corrected chi connectivity index (χ4v) is 1.71. The van der Waals surface area contributed by atoms with Crippen molar-refractivity contribution in [2.24, 2.45) is 0 Å². The van der Waals surface area contributed by atoms with E-state index in [0.717, 1.165) is 12.8 Å². The summed E-state index contributed by atoms with van der Waals surface area (Å²) in [6, 6.07) is 3.34. The molecule has 1 atom stereocenters. The Kier molecular flexibility index (Phi) is 3.74. The largest absolute Gasteiger partial charge is 0.457 e. The first-order chi connectivity index (χ1) is 7.75. The van der Waals surface area contributed by atoms with Crippen LogP contribution in [0.5, 0.6) is 0 Å². The quantitative estimate of drug-likeness (QED) is 0.759. The standard InChI is InChI=1S/C11H12ClNO3/c12-8-3-4-13-9(6-8)7-16-11(14)10-2-1-5-15-10/h3-4,6,10H,1-2,5,7H2/t10-/m1/s1. The number of ether oxygens (including phenoxy) is 2. The highest BCUT2D eigenvalue weighted by molar-refractivity contribution is 6.30. The van der Waals surface area contributed by atoms with Gasteiger partial charge in [-0.3, -0.25) is 4.98 Å². The Labute approximate surface area is 98.5 Å². The monoisotopic (exact) mass is 241 g/mol. The Hall–Kier alpha value is -1.13. The van der Waals surface area contributed by atoms with Crippen LogP contribution in [0.3, 0.4) is 0 Å². The average molecular weight is 242 g/mol. The van der Waals surface area contributed by atoms with Crippen LogP contribution in [0.4, 0.5) is 0 Å². The van der Waals surface area contributed by atoms with E-state index < -0.39 is 6.10 Å². The Balaban J connectivity index is 1.84. The molecule has 0 spiro atoms. The van der Waals surface area contributed by atoms with Crippen molar-refractivity contribution in [2.75, 3.05) is 6.61 Å². The lowest BCUT2D eigenvalue weighted by atomic mass is 10.2. The van der Waals surface area contributed by atoms with Gasteiger partial charge >= 0.3 is 5.97 Å². The molecule has 0 radical (unpaired) electrons. The lowest BCUT2D eigenvalue weighted by molar-refractivity contribution is -0.155. The maximum Gasteiger partial charge on any atom is 0.335 e. The maximum absolute atomic E-state index is 11.5. The molecule has 1 aliphatic heterocycles. The van der Waals surface area contributed by atoms with Gasteiger partial charge in [0, 0.05) is 17.8 Å². The van der Waals surface area contributed by atoms with Crippen LogP contribution in [-0.2, 0) is 20.9 Å². The molecule has 16 heavy (non-hydrogen) atoms. The van der Waals surface area contributed by atoms with Gasteiger partial charge in [-0.2, -0.15) is 0 Å². The first kappa shape index (κ1) is 11.4. The lowest BCUT2D eigenvalue weighted by Crippen LogP contribution is -2.22. The molecule has 1 fully saturated rings. The molecule has 0 bridgehead atoms. The van der Waals surface area contributed by atoms with E-state index >= 15 is 0 Å². The van der Waals surface area contributed by atoms with E-state index in [9.17, 15) is 4.79 Å². The highest BCUT2D eigenvalue weighted by atomic mass is 35.5. The summed E-state index contributed by atoms with van der Waals surface area (Å²) >= 11 is 5.78. The van der Waals surface area contributed by atoms with E-state index in [-0.39, 0.29) is 12.6 Å². The zero-order chi connectivity index (χ0) is 11.4. The fourth-order valence-electron chi connectivity index (χ4n) is 1.53.